The number of carbonyl (C=O) groups is 1. The van der Waals surface area contributed by atoms with Crippen LogP contribution in [0.3, 0.4) is 0 Å². The van der Waals surface area contributed by atoms with Gasteiger partial charge in [0.15, 0.2) is 0 Å². The Morgan fingerprint density at radius 3 is 2.56 bits per heavy atom. The Morgan fingerprint density at radius 1 is 1.67 bits per heavy atom. The van der Waals surface area contributed by atoms with E-state index in [-0.39, 0.29) is 43.8 Å². The maximum absolute atomic E-state index is 10.1. The van der Waals surface area contributed by atoms with E-state index in [4.69, 9.17) is 5.11 Å². The molecule has 0 bridgehead atoms. The van der Waals surface area contributed by atoms with E-state index < -0.39 is 5.97 Å². The van der Waals surface area contributed by atoms with Crippen molar-refractivity contribution >= 4 is 43.7 Å². The average Bonchev–Trinajstić information content (AvgIpc) is 2.12. The van der Waals surface area contributed by atoms with E-state index in [1.165, 1.54) is 0 Å². The predicted molar refractivity (Wildman–Crippen MR) is 37.2 cm³/mol. The van der Waals surface area contributed by atoms with E-state index in [2.05, 4.69) is 5.32 Å². The van der Waals surface area contributed by atoms with Gasteiger partial charge in [-0.15, -0.1) is 0 Å². The summed E-state index contributed by atoms with van der Waals surface area (Å²) in [5, 5.41) is 11.2. The van der Waals surface area contributed by atoms with E-state index in [1.54, 1.807) is 0 Å². The molecule has 1 unspecified atom stereocenters. The summed E-state index contributed by atoms with van der Waals surface area (Å²) in [6.45, 7) is 0.858. The molecule has 0 aliphatic carbocycles. The first-order valence-corrected chi connectivity index (χ1v) is 2.77. The summed E-state index contributed by atoms with van der Waals surface area (Å²) in [6.07, 6.45) is 1.78. The van der Waals surface area contributed by atoms with E-state index in [0.717, 1.165) is 19.4 Å². The summed E-state index contributed by atoms with van der Waals surface area (Å²) in [4.78, 5) is 10.1. The molecule has 0 amide bonds. The van der Waals surface area contributed by atoms with Gasteiger partial charge < -0.3 is 10.4 Å². The van der Waals surface area contributed by atoms with Crippen molar-refractivity contribution in [1.29, 1.82) is 0 Å². The number of rotatable bonds is 1. The summed E-state index contributed by atoms with van der Waals surface area (Å²) < 4.78 is 0. The summed E-state index contributed by atoms with van der Waals surface area (Å²) >= 11 is 0. The Labute approximate surface area is 83.8 Å². The van der Waals surface area contributed by atoms with Crippen LogP contribution in [0.5, 0.6) is 0 Å². The van der Waals surface area contributed by atoms with Gasteiger partial charge in [0, 0.05) is 0 Å². The van der Waals surface area contributed by atoms with Gasteiger partial charge in [0.05, 0.1) is 0 Å². The first-order chi connectivity index (χ1) is 3.80. The van der Waals surface area contributed by atoms with Crippen molar-refractivity contribution in [2.24, 2.45) is 0 Å². The number of carboxylic acid groups (broad SMARTS) is 1. The zero-order valence-corrected chi connectivity index (χ0v) is 4.55. The third-order valence-corrected chi connectivity index (χ3v) is 1.36. The zero-order valence-electron chi connectivity index (χ0n) is 4.55. The normalized spacial score (nSPS) is 25.1. The number of hydrogen-bond acceptors (Lipinski definition) is 2. The van der Waals surface area contributed by atoms with Gasteiger partial charge >= 0.3 is 43.7 Å². The maximum atomic E-state index is 10.1. The van der Waals surface area contributed by atoms with Crippen molar-refractivity contribution in [3.8, 4) is 0 Å². The summed E-state index contributed by atoms with van der Waals surface area (Å²) in [5.41, 5.74) is 0. The molecule has 0 saturated carbocycles. The van der Waals surface area contributed by atoms with E-state index in [9.17, 15) is 4.79 Å². The number of nitrogens with one attached hydrogen (secondary N) is 1. The minimum absolute atomic E-state index is 0. The molecule has 1 atom stereocenters. The van der Waals surface area contributed by atoms with Gasteiger partial charge in [-0.05, 0) is 19.4 Å². The van der Waals surface area contributed by atoms with E-state index in [0.29, 0.717) is 0 Å². The number of hydrogen-bond donors (Lipinski definition) is 2. The molecule has 1 fully saturated rings. The van der Waals surface area contributed by atoms with Crippen molar-refractivity contribution in [3.05, 3.63) is 0 Å². The minimum atomic E-state index is -0.720. The molecule has 1 aliphatic heterocycles. The summed E-state index contributed by atoms with van der Waals surface area (Å²) in [5.74, 6) is -0.720. The molecule has 1 heterocycles. The zero-order chi connectivity index (χ0) is 5.98. The number of aliphatic carboxylic acids is 1. The van der Waals surface area contributed by atoms with Gasteiger partial charge in [-0.3, -0.25) is 4.79 Å². The first kappa shape index (κ1) is 9.69. The van der Waals surface area contributed by atoms with Gasteiger partial charge in [-0.1, -0.05) is 0 Å². The molecular formula is C5H11CaNO2. The van der Waals surface area contributed by atoms with Crippen LogP contribution in [0.1, 0.15) is 12.8 Å². The van der Waals surface area contributed by atoms with Crippen LogP contribution in [0.2, 0.25) is 0 Å². The molecule has 1 saturated heterocycles. The standard InChI is InChI=1S/C5H9NO2.Ca.2H/c7-5(8)4-2-1-3-6-4;;;/h4,6H,1-3H2,(H,7,8);;;. The monoisotopic (exact) mass is 157 g/mol. The Bertz CT molecular complexity index is 101. The molecule has 0 radical (unpaired) electrons. The molecule has 0 spiro atoms. The summed E-state index contributed by atoms with van der Waals surface area (Å²) in [7, 11) is 0. The second kappa shape index (κ2) is 4.50. The van der Waals surface area contributed by atoms with Crippen LogP contribution in [-0.4, -0.2) is 61.4 Å². The van der Waals surface area contributed by atoms with E-state index in [1.807, 2.05) is 0 Å². The van der Waals surface area contributed by atoms with Crippen LogP contribution in [-0.2, 0) is 4.79 Å². The fourth-order valence-electron chi connectivity index (χ4n) is 0.895. The Balaban J connectivity index is 0.000000640. The van der Waals surface area contributed by atoms with Crippen LogP contribution >= 0.6 is 0 Å². The van der Waals surface area contributed by atoms with Crippen LogP contribution < -0.4 is 5.32 Å². The van der Waals surface area contributed by atoms with Gasteiger partial charge in [-0.2, -0.15) is 0 Å². The molecule has 2 N–H and O–H groups in total. The second-order valence-corrected chi connectivity index (χ2v) is 1.99. The van der Waals surface area contributed by atoms with Crippen molar-refractivity contribution in [2.45, 2.75) is 18.9 Å². The summed E-state index contributed by atoms with van der Waals surface area (Å²) in [6, 6.07) is -0.269. The average molecular weight is 157 g/mol. The Kier molecular flexibility index (Phi) is 4.84. The molecule has 0 aromatic carbocycles. The van der Waals surface area contributed by atoms with Gasteiger partial charge in [0.2, 0.25) is 0 Å². The molecule has 0 aromatic rings. The molecule has 1 rings (SSSR count). The molecule has 3 nitrogen and oxygen atoms in total. The number of carboxylic acids is 1. The van der Waals surface area contributed by atoms with Gasteiger partial charge in [0.25, 0.3) is 0 Å². The molecule has 1 aliphatic rings. The van der Waals surface area contributed by atoms with Gasteiger partial charge in [0.1, 0.15) is 6.04 Å². The quantitative estimate of drug-likeness (QED) is 0.475. The second-order valence-electron chi connectivity index (χ2n) is 1.99. The van der Waals surface area contributed by atoms with Gasteiger partial charge in [-0.25, -0.2) is 0 Å². The third-order valence-electron chi connectivity index (χ3n) is 1.36. The fraction of sp³-hybridized carbons (Fsp3) is 0.800. The topological polar surface area (TPSA) is 49.3 Å². The van der Waals surface area contributed by atoms with E-state index >= 15 is 0 Å². The molecule has 50 valence electrons. The fourth-order valence-corrected chi connectivity index (χ4v) is 0.895. The first-order valence-electron chi connectivity index (χ1n) is 2.77. The van der Waals surface area contributed by atoms with Crippen LogP contribution in [0.4, 0.5) is 0 Å². The molecule has 0 aromatic heterocycles. The van der Waals surface area contributed by atoms with Crippen LogP contribution in [0.25, 0.3) is 0 Å². The van der Waals surface area contributed by atoms with Crippen molar-refractivity contribution < 1.29 is 9.90 Å². The predicted octanol–water partition coefficient (Wildman–Crippen LogP) is -1.09. The Morgan fingerprint density at radius 2 is 2.33 bits per heavy atom. The van der Waals surface area contributed by atoms with Crippen molar-refractivity contribution in [3.63, 3.8) is 0 Å². The van der Waals surface area contributed by atoms with Crippen molar-refractivity contribution in [1.82, 2.24) is 5.32 Å². The Hall–Kier alpha value is 0.690. The molecular weight excluding hydrogens is 146 g/mol. The molecule has 9 heavy (non-hydrogen) atoms. The van der Waals surface area contributed by atoms with Crippen LogP contribution in [0, 0.1) is 0 Å². The van der Waals surface area contributed by atoms with Crippen molar-refractivity contribution in [2.75, 3.05) is 6.54 Å². The molecule has 4 heteroatoms. The van der Waals surface area contributed by atoms with Crippen LogP contribution in [0.15, 0.2) is 0 Å². The SMILES string of the molecule is O=C(O)C1CCCN1.[CaH2]. The third kappa shape index (κ3) is 2.85.